The molecule has 2 atom stereocenters. The predicted octanol–water partition coefficient (Wildman–Crippen LogP) is 5.98. The van der Waals surface area contributed by atoms with Crippen molar-refractivity contribution in [2.24, 2.45) is 0 Å². The van der Waals surface area contributed by atoms with Crippen LogP contribution in [0, 0.1) is 5.82 Å². The molecule has 0 amide bonds. The second-order valence-corrected chi connectivity index (χ2v) is 7.28. The van der Waals surface area contributed by atoms with Gasteiger partial charge < -0.3 is 9.88 Å². The number of aromatic nitrogens is 2. The molecule has 0 saturated carbocycles. The maximum Gasteiger partial charge on any atom is 0.204 e. The molecule has 0 spiro atoms. The Morgan fingerprint density at radius 1 is 0.926 bits per heavy atom. The van der Waals surface area contributed by atoms with Gasteiger partial charge >= 0.3 is 0 Å². The molecule has 0 radical (unpaired) electrons. The highest BCUT2D eigenvalue weighted by molar-refractivity contribution is 6.30. The Labute approximate surface area is 161 Å². The molecule has 3 aromatic carbocycles. The summed E-state index contributed by atoms with van der Waals surface area (Å²) in [5.41, 5.74) is 4.25. The van der Waals surface area contributed by atoms with Gasteiger partial charge in [0.1, 0.15) is 5.82 Å². The fourth-order valence-electron chi connectivity index (χ4n) is 3.89. The number of nitrogens with one attached hydrogen (secondary N) is 1. The van der Waals surface area contributed by atoms with Crippen LogP contribution in [0.2, 0.25) is 5.02 Å². The van der Waals surface area contributed by atoms with E-state index in [1.165, 1.54) is 12.1 Å². The molecule has 2 unspecified atom stereocenters. The Morgan fingerprint density at radius 3 is 2.41 bits per heavy atom. The van der Waals surface area contributed by atoms with E-state index in [-0.39, 0.29) is 17.9 Å². The summed E-state index contributed by atoms with van der Waals surface area (Å²) in [4.78, 5) is 4.79. The fourth-order valence-corrected chi connectivity index (χ4v) is 4.02. The summed E-state index contributed by atoms with van der Waals surface area (Å²) in [5.74, 6) is 0.606. The highest BCUT2D eigenvalue weighted by Gasteiger charge is 2.30. The summed E-state index contributed by atoms with van der Waals surface area (Å²) in [5, 5.41) is 4.29. The van der Waals surface area contributed by atoms with Crippen molar-refractivity contribution < 1.29 is 4.39 Å². The highest BCUT2D eigenvalue weighted by Crippen LogP contribution is 2.41. The van der Waals surface area contributed by atoms with Crippen molar-refractivity contribution in [3.63, 3.8) is 0 Å². The average molecular weight is 378 g/mol. The van der Waals surface area contributed by atoms with Crippen molar-refractivity contribution in [1.82, 2.24) is 9.55 Å². The Hall–Kier alpha value is -2.85. The summed E-state index contributed by atoms with van der Waals surface area (Å²) in [6.07, 6.45) is 0.834. The van der Waals surface area contributed by atoms with Crippen LogP contribution >= 0.6 is 11.6 Å². The smallest absolute Gasteiger partial charge is 0.204 e. The quantitative estimate of drug-likeness (QED) is 0.466. The molecule has 3 nitrogen and oxygen atoms in total. The van der Waals surface area contributed by atoms with Gasteiger partial charge in [-0.2, -0.15) is 0 Å². The van der Waals surface area contributed by atoms with Crippen LogP contribution in [0.5, 0.6) is 0 Å². The lowest BCUT2D eigenvalue weighted by Gasteiger charge is -2.33. The van der Waals surface area contributed by atoms with Gasteiger partial charge in [0.25, 0.3) is 0 Å². The Balaban J connectivity index is 1.65. The third kappa shape index (κ3) is 2.86. The van der Waals surface area contributed by atoms with E-state index in [2.05, 4.69) is 16.0 Å². The fraction of sp³-hybridized carbons (Fsp3) is 0.136. The molecule has 0 fully saturated rings. The summed E-state index contributed by atoms with van der Waals surface area (Å²) >= 11 is 6.05. The number of rotatable bonds is 2. The summed E-state index contributed by atoms with van der Waals surface area (Å²) in [6.45, 7) is 0. The molecule has 2 heterocycles. The first-order valence-electron chi connectivity index (χ1n) is 8.93. The van der Waals surface area contributed by atoms with Crippen LogP contribution in [-0.2, 0) is 0 Å². The molecular weight excluding hydrogens is 361 g/mol. The Morgan fingerprint density at radius 2 is 1.63 bits per heavy atom. The van der Waals surface area contributed by atoms with Crippen molar-refractivity contribution in [1.29, 1.82) is 0 Å². The lowest BCUT2D eigenvalue weighted by atomic mass is 9.93. The first-order valence-corrected chi connectivity index (χ1v) is 9.31. The first-order chi connectivity index (χ1) is 13.2. The van der Waals surface area contributed by atoms with Crippen LogP contribution < -0.4 is 5.32 Å². The van der Waals surface area contributed by atoms with Gasteiger partial charge in [0.05, 0.1) is 23.1 Å². The van der Waals surface area contributed by atoms with Gasteiger partial charge in [-0.25, -0.2) is 9.37 Å². The molecule has 1 aromatic heterocycles. The SMILES string of the molecule is Fc1ccc(C2CC(c3ccc(Cl)cc3)Nc3nc4ccccc4n32)cc1. The monoisotopic (exact) mass is 377 g/mol. The van der Waals surface area contributed by atoms with Gasteiger partial charge in [-0.3, -0.25) is 0 Å². The largest absolute Gasteiger partial charge is 0.349 e. The van der Waals surface area contributed by atoms with Crippen molar-refractivity contribution in [2.45, 2.75) is 18.5 Å². The Kier molecular flexibility index (Phi) is 3.87. The van der Waals surface area contributed by atoms with Gasteiger partial charge in [0.15, 0.2) is 0 Å². The molecule has 0 aliphatic carbocycles. The third-order valence-electron chi connectivity index (χ3n) is 5.20. The zero-order valence-electron chi connectivity index (χ0n) is 14.4. The zero-order chi connectivity index (χ0) is 18.4. The summed E-state index contributed by atoms with van der Waals surface area (Å²) in [7, 11) is 0. The number of imidazole rings is 1. The van der Waals surface area contributed by atoms with E-state index in [0.29, 0.717) is 0 Å². The molecule has 27 heavy (non-hydrogen) atoms. The highest BCUT2D eigenvalue weighted by atomic mass is 35.5. The standard InChI is InChI=1S/C22H17ClFN3/c23-16-9-5-14(6-10-16)19-13-21(15-7-11-17(24)12-8-15)27-20-4-2-1-3-18(20)25-22(27)26-19/h1-12,19,21H,13H2,(H,25,26). The van der Waals surface area contributed by atoms with Crippen LogP contribution in [0.15, 0.2) is 72.8 Å². The summed E-state index contributed by atoms with van der Waals surface area (Å²) < 4.78 is 15.7. The van der Waals surface area contributed by atoms with E-state index in [4.69, 9.17) is 16.6 Å². The molecule has 0 bridgehead atoms. The van der Waals surface area contributed by atoms with E-state index in [1.54, 1.807) is 0 Å². The minimum Gasteiger partial charge on any atom is -0.349 e. The number of hydrogen-bond acceptors (Lipinski definition) is 2. The molecule has 134 valence electrons. The van der Waals surface area contributed by atoms with E-state index >= 15 is 0 Å². The van der Waals surface area contributed by atoms with Crippen LogP contribution in [0.1, 0.15) is 29.6 Å². The molecule has 0 saturated heterocycles. The summed E-state index contributed by atoms with van der Waals surface area (Å²) in [6, 6.07) is 22.9. The van der Waals surface area contributed by atoms with Gasteiger partial charge in [-0.1, -0.05) is 48.0 Å². The van der Waals surface area contributed by atoms with Crippen molar-refractivity contribution in [2.75, 3.05) is 5.32 Å². The third-order valence-corrected chi connectivity index (χ3v) is 5.45. The maximum atomic E-state index is 13.5. The van der Waals surface area contributed by atoms with Crippen molar-refractivity contribution in [3.05, 3.63) is 94.8 Å². The number of nitrogens with zero attached hydrogens (tertiary/aromatic N) is 2. The average Bonchev–Trinajstić information content (AvgIpc) is 3.07. The van der Waals surface area contributed by atoms with Crippen molar-refractivity contribution >= 4 is 28.6 Å². The molecular formula is C22H17ClFN3. The molecule has 1 N–H and O–H groups in total. The molecule has 5 rings (SSSR count). The van der Waals surface area contributed by atoms with Crippen LogP contribution in [0.25, 0.3) is 11.0 Å². The zero-order valence-corrected chi connectivity index (χ0v) is 15.2. The number of fused-ring (bicyclic) bond motifs is 3. The van der Waals surface area contributed by atoms with E-state index in [0.717, 1.165) is 39.6 Å². The minimum absolute atomic E-state index is 0.0647. The van der Waals surface area contributed by atoms with E-state index in [9.17, 15) is 4.39 Å². The van der Waals surface area contributed by atoms with E-state index < -0.39 is 0 Å². The number of anilines is 1. The lowest BCUT2D eigenvalue weighted by Crippen LogP contribution is -2.27. The first kappa shape index (κ1) is 16.3. The van der Waals surface area contributed by atoms with Crippen LogP contribution in [-0.4, -0.2) is 9.55 Å². The number of hydrogen-bond donors (Lipinski definition) is 1. The molecule has 5 heteroatoms. The molecule has 4 aromatic rings. The topological polar surface area (TPSA) is 29.9 Å². The Bertz CT molecular complexity index is 1100. The predicted molar refractivity (Wildman–Crippen MR) is 107 cm³/mol. The van der Waals surface area contributed by atoms with Gasteiger partial charge in [0.2, 0.25) is 5.95 Å². The number of benzene rings is 3. The normalized spacial score (nSPS) is 18.9. The van der Waals surface area contributed by atoms with Crippen molar-refractivity contribution in [3.8, 4) is 0 Å². The second-order valence-electron chi connectivity index (χ2n) is 6.85. The van der Waals surface area contributed by atoms with E-state index in [1.807, 2.05) is 54.6 Å². The minimum atomic E-state index is -0.224. The number of para-hydroxylation sites is 2. The maximum absolute atomic E-state index is 13.5. The lowest BCUT2D eigenvalue weighted by molar-refractivity contribution is 0.476. The molecule has 1 aliphatic rings. The molecule has 1 aliphatic heterocycles. The van der Waals surface area contributed by atoms with Crippen LogP contribution in [0.3, 0.4) is 0 Å². The van der Waals surface area contributed by atoms with Gasteiger partial charge in [-0.05, 0) is 53.9 Å². The number of halogens is 2. The second kappa shape index (κ2) is 6.39. The van der Waals surface area contributed by atoms with Crippen LogP contribution in [0.4, 0.5) is 10.3 Å². The van der Waals surface area contributed by atoms with Gasteiger partial charge in [0, 0.05) is 5.02 Å². The van der Waals surface area contributed by atoms with Gasteiger partial charge in [-0.15, -0.1) is 0 Å².